The van der Waals surface area contributed by atoms with Crippen molar-refractivity contribution in [3.05, 3.63) is 76.7 Å². The van der Waals surface area contributed by atoms with Crippen LogP contribution in [0, 0.1) is 0 Å². The smallest absolute Gasteiger partial charge is 0.341 e. The number of carboxylic acid groups (broad SMARTS) is 1. The molecule has 0 bridgehead atoms. The molecule has 140 valence electrons. The first-order chi connectivity index (χ1) is 13.1. The third kappa shape index (κ3) is 4.42. The van der Waals surface area contributed by atoms with Gasteiger partial charge in [-0.25, -0.2) is 9.78 Å². The SMILES string of the molecule is COCCn1cncc1Cn1cc(Oc2ccccc2)c(=O)c(C(=O)O)c1. The first-order valence-electron chi connectivity index (χ1n) is 8.26. The third-order valence-electron chi connectivity index (χ3n) is 3.93. The zero-order chi connectivity index (χ0) is 19.2. The summed E-state index contributed by atoms with van der Waals surface area (Å²) >= 11 is 0. The van der Waals surface area contributed by atoms with Crippen molar-refractivity contribution < 1.29 is 19.4 Å². The molecule has 0 radical (unpaired) electrons. The fourth-order valence-electron chi connectivity index (χ4n) is 2.59. The molecule has 0 amide bonds. The van der Waals surface area contributed by atoms with Gasteiger partial charge in [-0.1, -0.05) is 18.2 Å². The molecule has 0 spiro atoms. The Morgan fingerprint density at radius 2 is 2.00 bits per heavy atom. The first-order valence-corrected chi connectivity index (χ1v) is 8.26. The maximum Gasteiger partial charge on any atom is 0.341 e. The Hall–Kier alpha value is -3.39. The summed E-state index contributed by atoms with van der Waals surface area (Å²) in [6.07, 6.45) is 6.16. The molecule has 0 atom stereocenters. The van der Waals surface area contributed by atoms with Gasteiger partial charge in [0.1, 0.15) is 11.3 Å². The summed E-state index contributed by atoms with van der Waals surface area (Å²) in [4.78, 5) is 28.0. The Bertz CT molecular complexity index is 979. The number of para-hydroxylation sites is 1. The average Bonchev–Trinajstić information content (AvgIpc) is 3.10. The van der Waals surface area contributed by atoms with Crippen LogP contribution in [0.4, 0.5) is 0 Å². The van der Waals surface area contributed by atoms with E-state index in [9.17, 15) is 14.7 Å². The topological polar surface area (TPSA) is 95.6 Å². The summed E-state index contributed by atoms with van der Waals surface area (Å²) in [5, 5.41) is 9.37. The molecule has 1 aromatic carbocycles. The van der Waals surface area contributed by atoms with Crippen LogP contribution in [0.1, 0.15) is 16.1 Å². The Morgan fingerprint density at radius 3 is 2.70 bits per heavy atom. The van der Waals surface area contributed by atoms with Crippen LogP contribution in [0.15, 0.2) is 60.0 Å². The molecule has 3 rings (SSSR count). The molecule has 27 heavy (non-hydrogen) atoms. The lowest BCUT2D eigenvalue weighted by Gasteiger charge is -2.13. The quantitative estimate of drug-likeness (QED) is 0.654. The van der Waals surface area contributed by atoms with Gasteiger partial charge in [0.25, 0.3) is 0 Å². The van der Waals surface area contributed by atoms with Gasteiger partial charge in [-0.3, -0.25) is 4.79 Å². The number of aromatic carboxylic acids is 1. The Balaban J connectivity index is 1.95. The van der Waals surface area contributed by atoms with Gasteiger partial charge in [0.05, 0.1) is 31.4 Å². The Labute approximate surface area is 155 Å². The van der Waals surface area contributed by atoms with Gasteiger partial charge in [-0.15, -0.1) is 0 Å². The lowest BCUT2D eigenvalue weighted by atomic mass is 10.2. The van der Waals surface area contributed by atoms with Crippen molar-refractivity contribution in [2.75, 3.05) is 13.7 Å². The number of imidazole rings is 1. The monoisotopic (exact) mass is 369 g/mol. The van der Waals surface area contributed by atoms with Gasteiger partial charge < -0.3 is 23.7 Å². The molecule has 0 saturated heterocycles. The molecule has 3 aromatic rings. The molecule has 0 saturated carbocycles. The molecule has 0 unspecified atom stereocenters. The van der Waals surface area contributed by atoms with Crippen molar-refractivity contribution >= 4 is 5.97 Å². The number of methoxy groups -OCH3 is 1. The van der Waals surface area contributed by atoms with E-state index in [-0.39, 0.29) is 11.3 Å². The van der Waals surface area contributed by atoms with E-state index in [0.717, 1.165) is 5.69 Å². The lowest BCUT2D eigenvalue weighted by molar-refractivity contribution is 0.0694. The number of rotatable bonds is 8. The zero-order valence-corrected chi connectivity index (χ0v) is 14.7. The number of carbonyl (C=O) groups is 1. The van der Waals surface area contributed by atoms with Gasteiger partial charge in [-0.05, 0) is 12.1 Å². The van der Waals surface area contributed by atoms with E-state index in [1.165, 1.54) is 12.4 Å². The molecular formula is C19H19N3O5. The maximum absolute atomic E-state index is 12.4. The average molecular weight is 369 g/mol. The van der Waals surface area contributed by atoms with Crippen molar-refractivity contribution in [2.24, 2.45) is 0 Å². The second-order valence-electron chi connectivity index (χ2n) is 5.83. The minimum atomic E-state index is -1.31. The van der Waals surface area contributed by atoms with Gasteiger partial charge in [-0.2, -0.15) is 0 Å². The fourth-order valence-corrected chi connectivity index (χ4v) is 2.59. The molecule has 0 aliphatic rings. The summed E-state index contributed by atoms with van der Waals surface area (Å²) in [7, 11) is 1.62. The molecule has 2 heterocycles. The van der Waals surface area contributed by atoms with Crippen LogP contribution in [0.3, 0.4) is 0 Å². The van der Waals surface area contributed by atoms with Gasteiger partial charge in [0.2, 0.25) is 5.43 Å². The number of pyridine rings is 1. The van der Waals surface area contributed by atoms with Gasteiger partial charge in [0.15, 0.2) is 5.75 Å². The third-order valence-corrected chi connectivity index (χ3v) is 3.93. The highest BCUT2D eigenvalue weighted by molar-refractivity contribution is 5.87. The van der Waals surface area contributed by atoms with Gasteiger partial charge in [0, 0.05) is 26.0 Å². The normalized spacial score (nSPS) is 10.7. The number of hydrogen-bond donors (Lipinski definition) is 1. The molecule has 1 N–H and O–H groups in total. The van der Waals surface area contributed by atoms with E-state index in [0.29, 0.717) is 25.4 Å². The molecule has 0 fully saturated rings. The Morgan fingerprint density at radius 1 is 1.22 bits per heavy atom. The minimum absolute atomic E-state index is 0.0518. The first kappa shape index (κ1) is 18.4. The maximum atomic E-state index is 12.4. The molecule has 2 aromatic heterocycles. The largest absolute Gasteiger partial charge is 0.477 e. The number of hydrogen-bond acceptors (Lipinski definition) is 5. The molecular weight excluding hydrogens is 350 g/mol. The highest BCUT2D eigenvalue weighted by Crippen LogP contribution is 2.18. The van der Waals surface area contributed by atoms with E-state index >= 15 is 0 Å². The van der Waals surface area contributed by atoms with E-state index < -0.39 is 11.4 Å². The summed E-state index contributed by atoms with van der Waals surface area (Å²) in [5.41, 5.74) is -0.181. The number of aromatic nitrogens is 3. The second-order valence-corrected chi connectivity index (χ2v) is 5.83. The highest BCUT2D eigenvalue weighted by Gasteiger charge is 2.16. The van der Waals surface area contributed by atoms with Crippen LogP contribution in [0.25, 0.3) is 0 Å². The van der Waals surface area contributed by atoms with Crippen LogP contribution in [0.2, 0.25) is 0 Å². The molecule has 8 nitrogen and oxygen atoms in total. The van der Waals surface area contributed by atoms with Crippen LogP contribution < -0.4 is 10.2 Å². The molecule has 0 aliphatic heterocycles. The second kappa shape index (κ2) is 8.33. The summed E-state index contributed by atoms with van der Waals surface area (Å²) in [5.74, 6) is -0.905. The van der Waals surface area contributed by atoms with Crippen molar-refractivity contribution in [3.63, 3.8) is 0 Å². The van der Waals surface area contributed by atoms with E-state index in [2.05, 4.69) is 4.98 Å². The molecule has 8 heteroatoms. The van der Waals surface area contributed by atoms with Gasteiger partial charge >= 0.3 is 5.97 Å². The van der Waals surface area contributed by atoms with Crippen molar-refractivity contribution in [1.82, 2.24) is 14.1 Å². The van der Waals surface area contributed by atoms with Crippen LogP contribution in [-0.2, 0) is 17.8 Å². The lowest BCUT2D eigenvalue weighted by Crippen LogP contribution is -2.20. The zero-order valence-electron chi connectivity index (χ0n) is 14.7. The predicted octanol–water partition coefficient (Wildman–Crippen LogP) is 2.23. The van der Waals surface area contributed by atoms with Crippen molar-refractivity contribution in [1.29, 1.82) is 0 Å². The standard InChI is InChI=1S/C19H19N3O5/c1-26-8-7-22-13-20-9-14(22)10-21-11-16(19(24)25)18(23)17(12-21)27-15-5-3-2-4-6-15/h2-6,9,11-13H,7-8,10H2,1H3,(H,24,25). The van der Waals surface area contributed by atoms with Crippen LogP contribution >= 0.6 is 0 Å². The number of benzene rings is 1. The van der Waals surface area contributed by atoms with Crippen molar-refractivity contribution in [3.8, 4) is 11.5 Å². The van der Waals surface area contributed by atoms with E-state index in [1.807, 2.05) is 10.6 Å². The van der Waals surface area contributed by atoms with E-state index in [1.54, 1.807) is 48.5 Å². The number of nitrogens with zero attached hydrogens (tertiary/aromatic N) is 3. The predicted molar refractivity (Wildman–Crippen MR) is 97.4 cm³/mol. The number of ether oxygens (including phenoxy) is 2. The summed E-state index contributed by atoms with van der Waals surface area (Å²) in [6, 6.07) is 8.74. The van der Waals surface area contributed by atoms with Crippen LogP contribution in [-0.4, -0.2) is 38.9 Å². The Kier molecular flexibility index (Phi) is 5.68. The molecule has 0 aliphatic carbocycles. The summed E-state index contributed by atoms with van der Waals surface area (Å²) < 4.78 is 14.2. The minimum Gasteiger partial charge on any atom is -0.477 e. The number of carboxylic acids is 1. The fraction of sp³-hybridized carbons (Fsp3) is 0.211. The van der Waals surface area contributed by atoms with Crippen molar-refractivity contribution in [2.45, 2.75) is 13.1 Å². The highest BCUT2D eigenvalue weighted by atomic mass is 16.5. The summed E-state index contributed by atoms with van der Waals surface area (Å²) in [6.45, 7) is 1.47. The van der Waals surface area contributed by atoms with Crippen LogP contribution in [0.5, 0.6) is 11.5 Å². The van der Waals surface area contributed by atoms with E-state index in [4.69, 9.17) is 9.47 Å².